The second-order valence-electron chi connectivity index (χ2n) is 5.92. The van der Waals surface area contributed by atoms with E-state index in [1.165, 1.54) is 29.9 Å². The van der Waals surface area contributed by atoms with E-state index in [1.54, 1.807) is 17.0 Å². The van der Waals surface area contributed by atoms with Crippen LogP contribution in [0, 0.1) is 0 Å². The average molecular weight is 444 g/mol. The molecular weight excluding hydrogens is 430 g/mol. The molecule has 27 heavy (non-hydrogen) atoms. The molecule has 3 heterocycles. The van der Waals surface area contributed by atoms with Crippen LogP contribution in [-0.4, -0.2) is 38.2 Å². The number of aromatic nitrogens is 3. The minimum absolute atomic E-state index is 0.00769. The number of thiazole rings is 1. The minimum Gasteiger partial charge on any atom is -0.333 e. The summed E-state index contributed by atoms with van der Waals surface area (Å²) in [6.45, 7) is 1.09. The molecule has 4 rings (SSSR count). The molecule has 7 nitrogen and oxygen atoms in total. The van der Waals surface area contributed by atoms with Gasteiger partial charge < -0.3 is 4.90 Å². The zero-order chi connectivity index (χ0) is 18.8. The Balaban J connectivity index is 1.47. The van der Waals surface area contributed by atoms with Crippen molar-refractivity contribution >= 4 is 44.2 Å². The SMILES string of the molecule is O=C(Nc1nc2c(s1)CN(C(=O)c1ccc(Br)cc1)CC2)c1cnccn1. The Hall–Kier alpha value is -2.65. The van der Waals surface area contributed by atoms with E-state index in [2.05, 4.69) is 36.2 Å². The molecule has 1 aromatic carbocycles. The van der Waals surface area contributed by atoms with Gasteiger partial charge >= 0.3 is 0 Å². The summed E-state index contributed by atoms with van der Waals surface area (Å²) in [5, 5.41) is 3.26. The van der Waals surface area contributed by atoms with Crippen molar-refractivity contribution in [2.75, 3.05) is 11.9 Å². The predicted molar refractivity (Wildman–Crippen MR) is 105 cm³/mol. The van der Waals surface area contributed by atoms with Crippen LogP contribution in [0.25, 0.3) is 0 Å². The first kappa shape index (κ1) is 17.7. The highest BCUT2D eigenvalue weighted by Gasteiger charge is 2.25. The third-order valence-corrected chi connectivity index (χ3v) is 5.65. The largest absolute Gasteiger partial charge is 0.333 e. The summed E-state index contributed by atoms with van der Waals surface area (Å²) in [5.74, 6) is -0.358. The van der Waals surface area contributed by atoms with Gasteiger partial charge in [-0.05, 0) is 24.3 Å². The van der Waals surface area contributed by atoms with E-state index in [0.717, 1.165) is 15.0 Å². The highest BCUT2D eigenvalue weighted by molar-refractivity contribution is 9.10. The quantitative estimate of drug-likeness (QED) is 0.671. The number of benzene rings is 1. The van der Waals surface area contributed by atoms with Gasteiger partial charge in [-0.3, -0.25) is 19.9 Å². The highest BCUT2D eigenvalue weighted by atomic mass is 79.9. The van der Waals surface area contributed by atoms with E-state index < -0.39 is 0 Å². The topological polar surface area (TPSA) is 88.1 Å². The summed E-state index contributed by atoms with van der Waals surface area (Å²) >= 11 is 4.76. The third-order valence-electron chi connectivity index (χ3n) is 4.13. The number of anilines is 1. The molecule has 0 aliphatic carbocycles. The summed E-state index contributed by atoms with van der Waals surface area (Å²) < 4.78 is 0.936. The zero-order valence-corrected chi connectivity index (χ0v) is 16.5. The molecule has 1 N–H and O–H groups in total. The first-order valence-electron chi connectivity index (χ1n) is 8.21. The molecule has 0 radical (unpaired) electrons. The highest BCUT2D eigenvalue weighted by Crippen LogP contribution is 2.29. The van der Waals surface area contributed by atoms with Gasteiger partial charge in [-0.2, -0.15) is 0 Å². The van der Waals surface area contributed by atoms with Crippen LogP contribution in [0.3, 0.4) is 0 Å². The molecule has 0 fully saturated rings. The van der Waals surface area contributed by atoms with Gasteiger partial charge in [-0.15, -0.1) is 0 Å². The number of fused-ring (bicyclic) bond motifs is 1. The summed E-state index contributed by atoms with van der Waals surface area (Å²) in [7, 11) is 0. The van der Waals surface area contributed by atoms with Crippen molar-refractivity contribution in [3.05, 3.63) is 69.2 Å². The molecule has 1 aliphatic heterocycles. The molecule has 0 bridgehead atoms. The third kappa shape index (κ3) is 3.88. The predicted octanol–water partition coefficient (Wildman–Crippen LogP) is 3.15. The molecule has 2 aromatic heterocycles. The molecule has 0 unspecified atom stereocenters. The van der Waals surface area contributed by atoms with Crippen molar-refractivity contribution in [2.24, 2.45) is 0 Å². The smallest absolute Gasteiger partial charge is 0.277 e. The summed E-state index contributed by atoms with van der Waals surface area (Å²) in [6.07, 6.45) is 5.04. The standard InChI is InChI=1S/C18H14BrN5O2S/c19-12-3-1-11(2-4-12)17(26)24-8-5-13-15(10-24)27-18(22-13)23-16(25)14-9-20-6-7-21-14/h1-4,6-7,9H,5,8,10H2,(H,22,23,25). The van der Waals surface area contributed by atoms with E-state index in [4.69, 9.17) is 0 Å². The van der Waals surface area contributed by atoms with Gasteiger partial charge in [0.1, 0.15) is 5.69 Å². The lowest BCUT2D eigenvalue weighted by atomic mass is 10.1. The Kier molecular flexibility index (Phi) is 4.95. The van der Waals surface area contributed by atoms with Crippen LogP contribution in [0.2, 0.25) is 0 Å². The first-order valence-corrected chi connectivity index (χ1v) is 9.82. The van der Waals surface area contributed by atoms with Crippen molar-refractivity contribution in [1.29, 1.82) is 0 Å². The van der Waals surface area contributed by atoms with E-state index in [-0.39, 0.29) is 17.5 Å². The fourth-order valence-corrected chi connectivity index (χ4v) is 4.06. The number of nitrogens with zero attached hydrogens (tertiary/aromatic N) is 4. The van der Waals surface area contributed by atoms with Crippen molar-refractivity contribution in [2.45, 2.75) is 13.0 Å². The van der Waals surface area contributed by atoms with Crippen molar-refractivity contribution in [3.63, 3.8) is 0 Å². The van der Waals surface area contributed by atoms with Crippen LogP contribution in [0.5, 0.6) is 0 Å². The Bertz CT molecular complexity index is 991. The van der Waals surface area contributed by atoms with E-state index in [0.29, 0.717) is 30.2 Å². The van der Waals surface area contributed by atoms with Crippen LogP contribution in [0.1, 0.15) is 31.4 Å². The van der Waals surface area contributed by atoms with Gasteiger partial charge in [0.05, 0.1) is 18.4 Å². The normalized spacial score (nSPS) is 13.1. The fourth-order valence-electron chi connectivity index (χ4n) is 2.77. The van der Waals surface area contributed by atoms with Crippen LogP contribution >= 0.6 is 27.3 Å². The van der Waals surface area contributed by atoms with E-state index in [9.17, 15) is 9.59 Å². The Morgan fingerprint density at radius 1 is 1.19 bits per heavy atom. The Morgan fingerprint density at radius 3 is 2.74 bits per heavy atom. The molecule has 3 aromatic rings. The van der Waals surface area contributed by atoms with Crippen LogP contribution in [-0.2, 0) is 13.0 Å². The maximum Gasteiger partial charge on any atom is 0.277 e. The Morgan fingerprint density at radius 2 is 2.00 bits per heavy atom. The number of rotatable bonds is 3. The molecule has 0 spiro atoms. The average Bonchev–Trinajstić information content (AvgIpc) is 3.10. The lowest BCUT2D eigenvalue weighted by Gasteiger charge is -2.26. The van der Waals surface area contributed by atoms with Gasteiger partial charge in [-0.1, -0.05) is 27.3 Å². The first-order chi connectivity index (χ1) is 13.1. The number of amides is 2. The Labute approximate surface area is 167 Å². The summed E-state index contributed by atoms with van der Waals surface area (Å²) in [6, 6.07) is 7.33. The monoisotopic (exact) mass is 443 g/mol. The van der Waals surface area contributed by atoms with E-state index >= 15 is 0 Å². The number of carbonyl (C=O) groups excluding carboxylic acids is 2. The van der Waals surface area contributed by atoms with Gasteiger partial charge in [0.2, 0.25) is 0 Å². The second-order valence-corrected chi connectivity index (χ2v) is 7.92. The lowest BCUT2D eigenvalue weighted by Crippen LogP contribution is -2.35. The van der Waals surface area contributed by atoms with Gasteiger partial charge in [0, 0.05) is 40.3 Å². The minimum atomic E-state index is -0.350. The molecule has 0 saturated heterocycles. The molecule has 9 heteroatoms. The van der Waals surface area contributed by atoms with Gasteiger partial charge in [0.15, 0.2) is 5.13 Å². The summed E-state index contributed by atoms with van der Waals surface area (Å²) in [5.41, 5.74) is 1.81. The molecule has 136 valence electrons. The number of carbonyl (C=O) groups is 2. The number of hydrogen-bond acceptors (Lipinski definition) is 6. The molecule has 0 saturated carbocycles. The molecule has 0 atom stereocenters. The van der Waals surface area contributed by atoms with E-state index in [1.807, 2.05) is 12.1 Å². The van der Waals surface area contributed by atoms with Gasteiger partial charge in [0.25, 0.3) is 11.8 Å². The maximum atomic E-state index is 12.7. The van der Waals surface area contributed by atoms with Crippen LogP contribution in [0.15, 0.2) is 47.3 Å². The second kappa shape index (κ2) is 7.53. The number of hydrogen-bond donors (Lipinski definition) is 1. The zero-order valence-electron chi connectivity index (χ0n) is 14.1. The molecular formula is C18H14BrN5O2S. The maximum absolute atomic E-state index is 12.7. The fraction of sp³-hybridized carbons (Fsp3) is 0.167. The van der Waals surface area contributed by atoms with Gasteiger partial charge in [-0.25, -0.2) is 9.97 Å². The van der Waals surface area contributed by atoms with Crippen molar-refractivity contribution < 1.29 is 9.59 Å². The van der Waals surface area contributed by atoms with Crippen molar-refractivity contribution in [1.82, 2.24) is 19.9 Å². The van der Waals surface area contributed by atoms with Crippen LogP contribution < -0.4 is 5.32 Å². The number of halogens is 1. The summed E-state index contributed by atoms with van der Waals surface area (Å²) in [4.78, 5) is 40.0. The molecule has 1 aliphatic rings. The van der Waals surface area contributed by atoms with Crippen molar-refractivity contribution in [3.8, 4) is 0 Å². The molecule has 2 amide bonds. The van der Waals surface area contributed by atoms with Crippen LogP contribution in [0.4, 0.5) is 5.13 Å². The lowest BCUT2D eigenvalue weighted by molar-refractivity contribution is 0.0736. The number of nitrogens with one attached hydrogen (secondary N) is 1.